The molecule has 0 radical (unpaired) electrons. The van der Waals surface area contributed by atoms with E-state index >= 15 is 0 Å². The Morgan fingerprint density at radius 3 is 2.77 bits per heavy atom. The quantitative estimate of drug-likeness (QED) is 0.476. The largest absolute Gasteiger partial charge is 0.421 e. The van der Waals surface area contributed by atoms with Crippen molar-refractivity contribution < 1.29 is 4.42 Å². The summed E-state index contributed by atoms with van der Waals surface area (Å²) in [5.41, 5.74) is -1.87. The molecule has 0 aliphatic rings. The summed E-state index contributed by atoms with van der Waals surface area (Å²) >= 11 is 12.5. The van der Waals surface area contributed by atoms with Crippen LogP contribution in [0.2, 0.25) is 10.0 Å². The van der Waals surface area contributed by atoms with Crippen molar-refractivity contribution in [3.8, 4) is 17.2 Å². The zero-order valence-corrected chi connectivity index (χ0v) is 17.4. The lowest BCUT2D eigenvalue weighted by molar-refractivity contribution is 0.504. The smallest absolute Gasteiger partial charge is 0.331 e. The van der Waals surface area contributed by atoms with Gasteiger partial charge in [0.05, 0.1) is 16.4 Å². The second-order valence-corrected chi connectivity index (χ2v) is 7.42. The fourth-order valence-corrected chi connectivity index (χ4v) is 3.74. The summed E-state index contributed by atoms with van der Waals surface area (Å²) in [4.78, 5) is 32.3. The number of aromatic nitrogens is 4. The Morgan fingerprint density at radius 1 is 1.26 bits per heavy atom. The molecule has 0 bridgehead atoms. The number of benzene rings is 1. The molecule has 0 fully saturated rings. The molecule has 31 heavy (non-hydrogen) atoms. The van der Waals surface area contributed by atoms with Crippen molar-refractivity contribution in [3.63, 3.8) is 0 Å². The van der Waals surface area contributed by atoms with Crippen LogP contribution in [0, 0.1) is 16.7 Å². The number of nitrogens with one attached hydrogen (secondary N) is 2. The highest BCUT2D eigenvalue weighted by atomic mass is 35.5. The minimum Gasteiger partial charge on any atom is -0.421 e. The van der Waals surface area contributed by atoms with Crippen LogP contribution in [0.3, 0.4) is 0 Å². The number of halogens is 2. The number of imidazole rings is 1. The van der Waals surface area contributed by atoms with Gasteiger partial charge in [0.25, 0.3) is 5.56 Å². The van der Waals surface area contributed by atoms with E-state index in [4.69, 9.17) is 33.0 Å². The van der Waals surface area contributed by atoms with Crippen molar-refractivity contribution in [1.82, 2.24) is 19.1 Å². The van der Waals surface area contributed by atoms with Gasteiger partial charge in [-0.15, -0.1) is 0 Å². The number of hydrogen-bond donors (Lipinski definition) is 2. The third-order valence-corrected chi connectivity index (χ3v) is 5.59. The van der Waals surface area contributed by atoms with E-state index in [0.29, 0.717) is 13.0 Å². The van der Waals surface area contributed by atoms with Crippen molar-refractivity contribution in [2.75, 3.05) is 0 Å². The Kier molecular flexibility index (Phi) is 5.50. The second kappa shape index (κ2) is 8.26. The van der Waals surface area contributed by atoms with Crippen LogP contribution in [-0.4, -0.2) is 19.1 Å². The molecule has 2 N–H and O–H groups in total. The number of H-pyrrole nitrogens is 1. The maximum atomic E-state index is 13.3. The van der Waals surface area contributed by atoms with Crippen molar-refractivity contribution in [3.05, 3.63) is 78.9 Å². The van der Waals surface area contributed by atoms with Crippen molar-refractivity contribution in [1.29, 1.82) is 10.7 Å². The highest BCUT2D eigenvalue weighted by Crippen LogP contribution is 2.36. The molecule has 9 nitrogen and oxygen atoms in total. The summed E-state index contributed by atoms with van der Waals surface area (Å²) in [6, 6.07) is 6.64. The summed E-state index contributed by atoms with van der Waals surface area (Å²) in [5, 5.41) is 18.0. The highest BCUT2D eigenvalue weighted by molar-refractivity contribution is 6.44. The summed E-state index contributed by atoms with van der Waals surface area (Å²) in [5.74, 6) is 0. The summed E-state index contributed by atoms with van der Waals surface area (Å²) in [6.45, 7) is 0.673. The van der Waals surface area contributed by atoms with E-state index in [1.807, 2.05) is 10.6 Å². The average molecular weight is 457 g/mol. The Balaban J connectivity index is 1.96. The van der Waals surface area contributed by atoms with Gasteiger partial charge < -0.3 is 8.98 Å². The van der Waals surface area contributed by atoms with Gasteiger partial charge in [-0.3, -0.25) is 19.8 Å². The first-order valence-electron chi connectivity index (χ1n) is 9.11. The van der Waals surface area contributed by atoms with Gasteiger partial charge in [-0.2, -0.15) is 5.26 Å². The van der Waals surface area contributed by atoms with Crippen molar-refractivity contribution >= 4 is 34.3 Å². The average Bonchev–Trinajstić information content (AvgIpc) is 3.25. The predicted molar refractivity (Wildman–Crippen MR) is 114 cm³/mol. The fourth-order valence-electron chi connectivity index (χ4n) is 3.35. The van der Waals surface area contributed by atoms with Gasteiger partial charge in [-0.05, 0) is 12.5 Å². The molecule has 11 heteroatoms. The van der Waals surface area contributed by atoms with Gasteiger partial charge >= 0.3 is 5.69 Å². The first-order chi connectivity index (χ1) is 14.9. The molecule has 4 rings (SSSR count). The molecule has 156 valence electrons. The zero-order chi connectivity index (χ0) is 22.1. The van der Waals surface area contributed by atoms with Crippen molar-refractivity contribution in [2.45, 2.75) is 19.5 Å². The summed E-state index contributed by atoms with van der Waals surface area (Å²) < 4.78 is 8.14. The van der Waals surface area contributed by atoms with E-state index in [-0.39, 0.29) is 44.4 Å². The van der Waals surface area contributed by atoms with Gasteiger partial charge in [-0.25, -0.2) is 9.78 Å². The molecule has 0 atom stereocenters. The van der Waals surface area contributed by atoms with Crippen LogP contribution in [0.4, 0.5) is 0 Å². The van der Waals surface area contributed by atoms with Crippen LogP contribution in [0.1, 0.15) is 12.0 Å². The molecule has 0 saturated carbocycles. The fraction of sp³-hybridized carbons (Fsp3) is 0.150. The molecule has 4 aromatic rings. The minimum absolute atomic E-state index is 0.0565. The SMILES string of the molecule is N#Cc1c(-c2cccc(Cl)c2Cl)c2c(=O)n(CCCn3ccnc3)c(=O)[nH]c2oc1=N. The topological polar surface area (TPSA) is 133 Å². The lowest BCUT2D eigenvalue weighted by atomic mass is 9.99. The monoisotopic (exact) mass is 456 g/mol. The molecule has 1 aromatic carbocycles. The number of hydrogen-bond acceptors (Lipinski definition) is 6. The van der Waals surface area contributed by atoms with Crippen LogP contribution in [0.15, 0.2) is 50.9 Å². The van der Waals surface area contributed by atoms with E-state index < -0.39 is 16.8 Å². The molecule has 0 amide bonds. The first kappa shape index (κ1) is 20.7. The van der Waals surface area contributed by atoms with Gasteiger partial charge in [0.2, 0.25) is 11.3 Å². The van der Waals surface area contributed by atoms with E-state index in [2.05, 4.69) is 9.97 Å². The normalized spacial score (nSPS) is 11.0. The minimum atomic E-state index is -0.681. The number of aromatic amines is 1. The molecule has 0 saturated heterocycles. The summed E-state index contributed by atoms with van der Waals surface area (Å²) in [7, 11) is 0. The van der Waals surface area contributed by atoms with Crippen LogP contribution in [-0.2, 0) is 13.1 Å². The molecular formula is C20H14Cl2N6O3. The number of nitrogens with zero attached hydrogens (tertiary/aromatic N) is 4. The molecule has 0 spiro atoms. The van der Waals surface area contributed by atoms with Crippen molar-refractivity contribution in [2.24, 2.45) is 0 Å². The number of rotatable bonds is 5. The number of fused-ring (bicyclic) bond motifs is 1. The third-order valence-electron chi connectivity index (χ3n) is 4.77. The van der Waals surface area contributed by atoms with Crippen LogP contribution in [0.5, 0.6) is 0 Å². The lowest BCUT2D eigenvalue weighted by Crippen LogP contribution is -2.36. The van der Waals surface area contributed by atoms with Gasteiger partial charge in [0.1, 0.15) is 17.0 Å². The Bertz CT molecular complexity index is 1510. The Labute approximate surface area is 184 Å². The van der Waals surface area contributed by atoms with E-state index in [0.717, 1.165) is 4.57 Å². The molecule has 3 aromatic heterocycles. The maximum absolute atomic E-state index is 13.3. The number of aryl methyl sites for hydroxylation is 1. The van der Waals surface area contributed by atoms with E-state index in [9.17, 15) is 14.9 Å². The first-order valence-corrected chi connectivity index (χ1v) is 9.86. The number of nitriles is 1. The zero-order valence-electron chi connectivity index (χ0n) is 15.9. The van der Waals surface area contributed by atoms with E-state index in [1.54, 1.807) is 36.9 Å². The van der Waals surface area contributed by atoms with E-state index in [1.165, 1.54) is 0 Å². The predicted octanol–water partition coefficient (Wildman–Crippen LogP) is 2.89. The third kappa shape index (κ3) is 3.67. The lowest BCUT2D eigenvalue weighted by Gasteiger charge is -2.12. The van der Waals surface area contributed by atoms with Crippen LogP contribution in [0.25, 0.3) is 22.2 Å². The molecule has 0 unspecified atom stereocenters. The molecule has 3 heterocycles. The standard InChI is InChI=1S/C20H14Cl2N6O3/c21-13-4-1-3-11(16(13)22)14-12(9-23)17(24)31-18-15(14)19(29)28(20(30)26-18)7-2-6-27-8-5-25-10-27/h1,3-5,8,10,24H,2,6-7H2,(H,26,30). The highest BCUT2D eigenvalue weighted by Gasteiger charge is 2.22. The Morgan fingerprint density at radius 2 is 2.06 bits per heavy atom. The van der Waals surface area contributed by atoms with Crippen LogP contribution >= 0.6 is 23.2 Å². The maximum Gasteiger partial charge on any atom is 0.331 e. The van der Waals surface area contributed by atoms with Gasteiger partial charge in [0, 0.05) is 36.6 Å². The van der Waals surface area contributed by atoms with Gasteiger partial charge in [-0.1, -0.05) is 35.3 Å². The van der Waals surface area contributed by atoms with Gasteiger partial charge in [0.15, 0.2) is 0 Å². The molecule has 0 aliphatic carbocycles. The second-order valence-electron chi connectivity index (χ2n) is 6.64. The summed E-state index contributed by atoms with van der Waals surface area (Å²) in [6.07, 6.45) is 5.54. The molecule has 0 aliphatic heterocycles. The molecular weight excluding hydrogens is 443 g/mol. The van der Waals surface area contributed by atoms with Crippen LogP contribution < -0.4 is 16.8 Å². The Hall–Kier alpha value is -3.61.